The normalized spacial score (nSPS) is 14.2. The number of carbonyl (C=O) groups is 2. The molecular weight excluding hydrogens is 439 g/mol. The maximum atomic E-state index is 13.8. The number of benzene rings is 2. The van der Waals surface area contributed by atoms with E-state index in [1.54, 1.807) is 15.9 Å². The minimum Gasteiger partial charge on any atom is -0.481 e. The minimum atomic E-state index is -0.522. The van der Waals surface area contributed by atoms with Crippen molar-refractivity contribution in [3.63, 3.8) is 0 Å². The molecule has 0 radical (unpaired) electrons. The van der Waals surface area contributed by atoms with Gasteiger partial charge in [-0.05, 0) is 41.8 Å². The van der Waals surface area contributed by atoms with Gasteiger partial charge < -0.3 is 14.5 Å². The lowest BCUT2D eigenvalue weighted by Crippen LogP contribution is -2.51. The molecule has 1 aliphatic heterocycles. The van der Waals surface area contributed by atoms with Gasteiger partial charge in [-0.15, -0.1) is 0 Å². The van der Waals surface area contributed by atoms with Crippen molar-refractivity contribution in [3.05, 3.63) is 63.9 Å². The zero-order valence-electron chi connectivity index (χ0n) is 16.5. The zero-order valence-corrected chi connectivity index (χ0v) is 18.1. The van der Waals surface area contributed by atoms with Gasteiger partial charge in [0.05, 0.1) is 0 Å². The van der Waals surface area contributed by atoms with Crippen molar-refractivity contribution >= 4 is 27.7 Å². The molecule has 0 N–H and O–H groups in total. The molecular formula is C22H24BrFN2O3. The van der Waals surface area contributed by atoms with E-state index in [-0.39, 0.29) is 24.2 Å². The summed E-state index contributed by atoms with van der Waals surface area (Å²) >= 11 is 3.18. The Balaban J connectivity index is 1.50. The summed E-state index contributed by atoms with van der Waals surface area (Å²) in [4.78, 5) is 28.4. The highest BCUT2D eigenvalue weighted by molar-refractivity contribution is 9.10. The third-order valence-electron chi connectivity index (χ3n) is 4.99. The smallest absolute Gasteiger partial charge is 0.260 e. The van der Waals surface area contributed by atoms with Crippen LogP contribution in [0, 0.1) is 5.82 Å². The Morgan fingerprint density at radius 1 is 1.03 bits per heavy atom. The van der Waals surface area contributed by atoms with Gasteiger partial charge in [0, 0.05) is 36.2 Å². The van der Waals surface area contributed by atoms with E-state index in [0.29, 0.717) is 42.1 Å². The highest BCUT2D eigenvalue weighted by atomic mass is 79.9. The summed E-state index contributed by atoms with van der Waals surface area (Å²) in [6.45, 7) is 5.78. The Morgan fingerprint density at radius 3 is 2.24 bits per heavy atom. The number of hydrogen-bond acceptors (Lipinski definition) is 3. The summed E-state index contributed by atoms with van der Waals surface area (Å²) in [6, 6.07) is 12.1. The average Bonchev–Trinajstić information content (AvgIpc) is 2.72. The standard InChI is InChI=1S/C22H24BrFN2O3/c1-15(2)16-3-5-17(6-4-16)22(28)26-11-9-25(10-12-26)21(27)14-29-20-8-7-18(23)13-19(20)24/h3-8,13,15H,9-12,14H2,1-2H3. The first-order chi connectivity index (χ1) is 13.8. The molecule has 5 nitrogen and oxygen atoms in total. The summed E-state index contributed by atoms with van der Waals surface area (Å²) in [5.41, 5.74) is 1.85. The van der Waals surface area contributed by atoms with Gasteiger partial charge in [0.2, 0.25) is 0 Å². The van der Waals surface area contributed by atoms with E-state index in [1.807, 2.05) is 24.3 Å². The molecule has 0 bridgehead atoms. The fraction of sp³-hybridized carbons (Fsp3) is 0.364. The molecule has 7 heteroatoms. The van der Waals surface area contributed by atoms with Crippen molar-refractivity contribution in [2.24, 2.45) is 0 Å². The Bertz CT molecular complexity index is 878. The Hall–Kier alpha value is -2.41. The van der Waals surface area contributed by atoms with Crippen LogP contribution >= 0.6 is 15.9 Å². The number of ether oxygens (including phenoxy) is 1. The highest BCUT2D eigenvalue weighted by Crippen LogP contribution is 2.21. The predicted molar refractivity (Wildman–Crippen MR) is 113 cm³/mol. The summed E-state index contributed by atoms with van der Waals surface area (Å²) in [5.74, 6) is -0.311. The molecule has 1 heterocycles. The monoisotopic (exact) mass is 462 g/mol. The second-order valence-corrected chi connectivity index (χ2v) is 8.23. The molecule has 0 aromatic heterocycles. The van der Waals surface area contributed by atoms with Crippen LogP contribution in [0.3, 0.4) is 0 Å². The highest BCUT2D eigenvalue weighted by Gasteiger charge is 2.25. The van der Waals surface area contributed by atoms with Crippen LogP contribution < -0.4 is 4.74 Å². The van der Waals surface area contributed by atoms with E-state index in [4.69, 9.17) is 4.74 Å². The molecule has 2 amide bonds. The van der Waals surface area contributed by atoms with Crippen molar-refractivity contribution in [1.82, 2.24) is 9.80 Å². The molecule has 0 atom stereocenters. The number of nitrogens with zero attached hydrogens (tertiary/aromatic N) is 2. The van der Waals surface area contributed by atoms with Crippen LogP contribution in [0.4, 0.5) is 4.39 Å². The first kappa shape index (κ1) is 21.3. The van der Waals surface area contributed by atoms with Crippen LogP contribution in [0.15, 0.2) is 46.9 Å². The van der Waals surface area contributed by atoms with Gasteiger partial charge in [0.1, 0.15) is 0 Å². The molecule has 0 unspecified atom stereocenters. The van der Waals surface area contributed by atoms with Gasteiger partial charge in [-0.2, -0.15) is 0 Å². The van der Waals surface area contributed by atoms with Crippen LogP contribution in [-0.4, -0.2) is 54.4 Å². The van der Waals surface area contributed by atoms with Crippen molar-refractivity contribution in [2.45, 2.75) is 19.8 Å². The largest absolute Gasteiger partial charge is 0.481 e. The van der Waals surface area contributed by atoms with E-state index in [2.05, 4.69) is 29.8 Å². The van der Waals surface area contributed by atoms with Crippen LogP contribution in [0.25, 0.3) is 0 Å². The molecule has 0 aliphatic carbocycles. The number of rotatable bonds is 5. The van der Waals surface area contributed by atoms with Crippen LogP contribution in [0.1, 0.15) is 35.7 Å². The fourth-order valence-electron chi connectivity index (χ4n) is 3.18. The van der Waals surface area contributed by atoms with Gasteiger partial charge in [0.25, 0.3) is 11.8 Å². The molecule has 3 rings (SSSR count). The molecule has 1 saturated heterocycles. The molecule has 2 aromatic rings. The molecule has 154 valence electrons. The van der Waals surface area contributed by atoms with E-state index >= 15 is 0 Å². The lowest BCUT2D eigenvalue weighted by atomic mass is 10.0. The maximum Gasteiger partial charge on any atom is 0.260 e. The third kappa shape index (κ3) is 5.35. The first-order valence-electron chi connectivity index (χ1n) is 9.60. The predicted octanol–water partition coefficient (Wildman–Crippen LogP) is 4.08. The molecule has 1 fully saturated rings. The second kappa shape index (κ2) is 9.39. The minimum absolute atomic E-state index is 0.0272. The van der Waals surface area contributed by atoms with Crippen LogP contribution in [0.5, 0.6) is 5.75 Å². The fourth-order valence-corrected chi connectivity index (χ4v) is 3.51. The van der Waals surface area contributed by atoms with Crippen LogP contribution in [-0.2, 0) is 4.79 Å². The lowest BCUT2D eigenvalue weighted by Gasteiger charge is -2.34. The van der Waals surface area contributed by atoms with Gasteiger partial charge in [-0.25, -0.2) is 4.39 Å². The Labute approximate surface area is 178 Å². The van der Waals surface area contributed by atoms with Crippen molar-refractivity contribution < 1.29 is 18.7 Å². The summed E-state index contributed by atoms with van der Waals surface area (Å²) in [5, 5.41) is 0. The molecule has 1 aliphatic rings. The van der Waals surface area contributed by atoms with Crippen LogP contribution in [0.2, 0.25) is 0 Å². The molecule has 29 heavy (non-hydrogen) atoms. The molecule has 0 saturated carbocycles. The number of amides is 2. The van der Waals surface area contributed by atoms with Gasteiger partial charge in [-0.1, -0.05) is 41.9 Å². The first-order valence-corrected chi connectivity index (χ1v) is 10.4. The zero-order chi connectivity index (χ0) is 21.0. The summed E-state index contributed by atoms with van der Waals surface area (Å²) < 4.78 is 19.7. The molecule has 0 spiro atoms. The average molecular weight is 463 g/mol. The maximum absolute atomic E-state index is 13.8. The third-order valence-corrected chi connectivity index (χ3v) is 5.48. The van der Waals surface area contributed by atoms with Gasteiger partial charge >= 0.3 is 0 Å². The Morgan fingerprint density at radius 2 is 1.66 bits per heavy atom. The van der Waals surface area contributed by atoms with E-state index in [9.17, 15) is 14.0 Å². The summed E-state index contributed by atoms with van der Waals surface area (Å²) in [6.07, 6.45) is 0. The number of halogens is 2. The van der Waals surface area contributed by atoms with E-state index in [0.717, 1.165) is 0 Å². The SMILES string of the molecule is CC(C)c1ccc(C(=O)N2CCN(C(=O)COc3ccc(Br)cc3F)CC2)cc1. The van der Waals surface area contributed by atoms with Crippen molar-refractivity contribution in [2.75, 3.05) is 32.8 Å². The van der Waals surface area contributed by atoms with Gasteiger partial charge in [0.15, 0.2) is 18.2 Å². The van der Waals surface area contributed by atoms with E-state index in [1.165, 1.54) is 17.7 Å². The summed E-state index contributed by atoms with van der Waals surface area (Å²) in [7, 11) is 0. The second-order valence-electron chi connectivity index (χ2n) is 7.31. The number of piperazine rings is 1. The van der Waals surface area contributed by atoms with Crippen molar-refractivity contribution in [3.8, 4) is 5.75 Å². The van der Waals surface area contributed by atoms with E-state index < -0.39 is 5.82 Å². The number of hydrogen-bond donors (Lipinski definition) is 0. The van der Waals surface area contributed by atoms with Crippen molar-refractivity contribution in [1.29, 1.82) is 0 Å². The number of carbonyl (C=O) groups excluding carboxylic acids is 2. The quantitative estimate of drug-likeness (QED) is 0.672. The topological polar surface area (TPSA) is 49.9 Å². The molecule has 2 aromatic carbocycles. The lowest BCUT2D eigenvalue weighted by molar-refractivity contribution is -0.134. The van der Waals surface area contributed by atoms with Gasteiger partial charge in [-0.3, -0.25) is 9.59 Å². The Kier molecular flexibility index (Phi) is 6.90.